The van der Waals surface area contributed by atoms with Gasteiger partial charge < -0.3 is 13.9 Å². The molecule has 0 unspecified atom stereocenters. The van der Waals surface area contributed by atoms with Gasteiger partial charge in [0.15, 0.2) is 6.61 Å². The number of methoxy groups -OCH3 is 1. The molecule has 0 spiro atoms. The molecule has 0 aliphatic heterocycles. The number of hydrazone groups is 1. The molecule has 0 saturated heterocycles. The molecule has 0 saturated carbocycles. The fraction of sp³-hybridized carbons (Fsp3) is 0.250. The van der Waals surface area contributed by atoms with E-state index < -0.39 is 0 Å². The van der Waals surface area contributed by atoms with Crippen LogP contribution < -0.4 is 14.9 Å². The van der Waals surface area contributed by atoms with Gasteiger partial charge in [0.1, 0.15) is 28.7 Å². The van der Waals surface area contributed by atoms with Gasteiger partial charge >= 0.3 is 0 Å². The molecular weight excluding hydrogens is 284 g/mol. The van der Waals surface area contributed by atoms with E-state index >= 15 is 0 Å². The van der Waals surface area contributed by atoms with Crippen LogP contribution in [0.1, 0.15) is 18.4 Å². The molecule has 0 aliphatic carbocycles. The molecule has 2 rings (SSSR count). The molecule has 0 aliphatic rings. The number of ether oxygens (including phenoxy) is 2. The van der Waals surface area contributed by atoms with Crippen molar-refractivity contribution in [1.29, 1.82) is 0 Å². The second kappa shape index (κ2) is 7.31. The Balaban J connectivity index is 1.82. The summed E-state index contributed by atoms with van der Waals surface area (Å²) in [5, 5.41) is 3.97. The van der Waals surface area contributed by atoms with Crippen LogP contribution in [0.2, 0.25) is 0 Å². The van der Waals surface area contributed by atoms with Crippen LogP contribution >= 0.6 is 0 Å². The van der Waals surface area contributed by atoms with E-state index in [1.165, 1.54) is 0 Å². The second-order valence-corrected chi connectivity index (χ2v) is 4.61. The molecule has 1 aromatic heterocycles. The molecule has 116 valence electrons. The number of rotatable bonds is 6. The minimum Gasteiger partial charge on any atom is -0.497 e. The van der Waals surface area contributed by atoms with Crippen molar-refractivity contribution in [3.63, 3.8) is 0 Å². The fourth-order valence-corrected chi connectivity index (χ4v) is 1.68. The number of nitrogens with one attached hydrogen (secondary N) is 1. The van der Waals surface area contributed by atoms with Crippen LogP contribution in [0, 0.1) is 6.92 Å². The van der Waals surface area contributed by atoms with Crippen LogP contribution in [0.3, 0.4) is 0 Å². The van der Waals surface area contributed by atoms with E-state index in [4.69, 9.17) is 13.9 Å². The lowest BCUT2D eigenvalue weighted by atomic mass is 10.3. The predicted octanol–water partition coefficient (Wildman–Crippen LogP) is 2.52. The first-order valence-electron chi connectivity index (χ1n) is 6.75. The first kappa shape index (κ1) is 15.6. The summed E-state index contributed by atoms with van der Waals surface area (Å²) in [5.74, 6) is 2.37. The van der Waals surface area contributed by atoms with E-state index in [-0.39, 0.29) is 12.5 Å². The fourth-order valence-electron chi connectivity index (χ4n) is 1.68. The number of carbonyl (C=O) groups excluding carboxylic acids is 1. The maximum Gasteiger partial charge on any atom is 0.277 e. The predicted molar refractivity (Wildman–Crippen MR) is 82.3 cm³/mol. The summed E-state index contributed by atoms with van der Waals surface area (Å²) in [5.41, 5.74) is 3.01. The smallest absolute Gasteiger partial charge is 0.277 e. The minimum atomic E-state index is -0.349. The third-order valence-electron chi connectivity index (χ3n) is 2.87. The number of furan rings is 1. The third-order valence-corrected chi connectivity index (χ3v) is 2.87. The average Bonchev–Trinajstić information content (AvgIpc) is 2.97. The molecule has 0 fully saturated rings. The molecule has 0 bridgehead atoms. The van der Waals surface area contributed by atoms with Gasteiger partial charge in [0.2, 0.25) is 0 Å². The van der Waals surface area contributed by atoms with Crippen molar-refractivity contribution in [2.24, 2.45) is 5.10 Å². The van der Waals surface area contributed by atoms with Crippen molar-refractivity contribution in [3.8, 4) is 11.5 Å². The molecule has 1 amide bonds. The van der Waals surface area contributed by atoms with Crippen LogP contribution in [0.25, 0.3) is 0 Å². The Morgan fingerprint density at radius 1 is 1.18 bits per heavy atom. The van der Waals surface area contributed by atoms with E-state index in [1.54, 1.807) is 44.4 Å². The number of hydrogen-bond donors (Lipinski definition) is 1. The van der Waals surface area contributed by atoms with Crippen molar-refractivity contribution in [2.45, 2.75) is 13.8 Å². The van der Waals surface area contributed by atoms with E-state index in [2.05, 4.69) is 10.5 Å². The van der Waals surface area contributed by atoms with Crippen LogP contribution in [-0.4, -0.2) is 25.3 Å². The quantitative estimate of drug-likeness (QED) is 0.657. The van der Waals surface area contributed by atoms with Crippen molar-refractivity contribution in [3.05, 3.63) is 47.9 Å². The normalized spacial score (nSPS) is 11.1. The lowest BCUT2D eigenvalue weighted by Crippen LogP contribution is -2.25. The Morgan fingerprint density at radius 3 is 2.45 bits per heavy atom. The number of amides is 1. The number of nitrogens with zero attached hydrogens (tertiary/aromatic N) is 1. The van der Waals surface area contributed by atoms with Gasteiger partial charge in [0.25, 0.3) is 5.91 Å². The molecule has 6 heteroatoms. The maximum absolute atomic E-state index is 11.7. The van der Waals surface area contributed by atoms with Crippen LogP contribution in [0.4, 0.5) is 0 Å². The molecule has 0 radical (unpaired) electrons. The summed E-state index contributed by atoms with van der Waals surface area (Å²) in [6.45, 7) is 3.47. The Morgan fingerprint density at radius 2 is 1.86 bits per heavy atom. The number of aryl methyl sites for hydroxylation is 1. The van der Waals surface area contributed by atoms with Gasteiger partial charge in [-0.1, -0.05) is 0 Å². The van der Waals surface area contributed by atoms with Crippen molar-refractivity contribution >= 4 is 11.6 Å². The summed E-state index contributed by atoms with van der Waals surface area (Å²) in [4.78, 5) is 11.7. The number of carbonyl (C=O) groups is 1. The SMILES string of the molecule is COc1ccc(OCC(=O)N/N=C(/C)c2ccc(C)o2)cc1. The zero-order chi connectivity index (χ0) is 15.9. The third kappa shape index (κ3) is 4.37. The Hall–Kier alpha value is -2.76. The zero-order valence-corrected chi connectivity index (χ0v) is 12.8. The number of benzene rings is 1. The highest BCUT2D eigenvalue weighted by Gasteiger charge is 2.05. The summed E-state index contributed by atoms with van der Waals surface area (Å²) in [7, 11) is 1.59. The number of hydrogen-bond acceptors (Lipinski definition) is 5. The molecule has 2 aromatic rings. The second-order valence-electron chi connectivity index (χ2n) is 4.61. The zero-order valence-electron chi connectivity index (χ0n) is 12.8. The molecule has 6 nitrogen and oxygen atoms in total. The lowest BCUT2D eigenvalue weighted by Gasteiger charge is -2.06. The van der Waals surface area contributed by atoms with E-state index in [9.17, 15) is 4.79 Å². The van der Waals surface area contributed by atoms with Gasteiger partial charge in [-0.25, -0.2) is 5.43 Å². The molecule has 1 aromatic carbocycles. The summed E-state index contributed by atoms with van der Waals surface area (Å²) < 4.78 is 15.8. The van der Waals surface area contributed by atoms with Crippen LogP contribution in [-0.2, 0) is 4.79 Å². The van der Waals surface area contributed by atoms with Crippen molar-refractivity contribution < 1.29 is 18.7 Å². The minimum absolute atomic E-state index is 0.125. The first-order chi connectivity index (χ1) is 10.6. The highest BCUT2D eigenvalue weighted by Crippen LogP contribution is 2.16. The first-order valence-corrected chi connectivity index (χ1v) is 6.75. The van der Waals surface area contributed by atoms with Crippen LogP contribution in [0.5, 0.6) is 11.5 Å². The lowest BCUT2D eigenvalue weighted by molar-refractivity contribution is -0.123. The summed E-state index contributed by atoms with van der Waals surface area (Å²) >= 11 is 0. The van der Waals surface area contributed by atoms with Gasteiger partial charge in [-0.3, -0.25) is 4.79 Å². The summed E-state index contributed by atoms with van der Waals surface area (Å²) in [6.07, 6.45) is 0. The van der Waals surface area contributed by atoms with Gasteiger partial charge in [0, 0.05) is 0 Å². The monoisotopic (exact) mass is 302 g/mol. The molecule has 1 N–H and O–H groups in total. The Kier molecular flexibility index (Phi) is 5.19. The Bertz CT molecular complexity index is 659. The van der Waals surface area contributed by atoms with Crippen molar-refractivity contribution in [2.75, 3.05) is 13.7 Å². The Labute approximate surface area is 128 Å². The summed E-state index contributed by atoms with van der Waals surface area (Å²) in [6, 6.07) is 10.6. The molecule has 0 atom stereocenters. The molecule has 1 heterocycles. The highest BCUT2D eigenvalue weighted by atomic mass is 16.5. The van der Waals surface area contributed by atoms with Crippen LogP contribution in [0.15, 0.2) is 45.9 Å². The van der Waals surface area contributed by atoms with E-state index in [1.807, 2.05) is 13.0 Å². The van der Waals surface area contributed by atoms with Crippen molar-refractivity contribution in [1.82, 2.24) is 5.43 Å². The van der Waals surface area contributed by atoms with E-state index in [0.29, 0.717) is 17.2 Å². The molecule has 22 heavy (non-hydrogen) atoms. The van der Waals surface area contributed by atoms with Gasteiger partial charge in [-0.2, -0.15) is 5.10 Å². The largest absolute Gasteiger partial charge is 0.497 e. The maximum atomic E-state index is 11.7. The van der Waals surface area contributed by atoms with Gasteiger partial charge in [0.05, 0.1) is 7.11 Å². The van der Waals surface area contributed by atoms with Gasteiger partial charge in [-0.05, 0) is 50.2 Å². The standard InChI is InChI=1S/C16H18N2O4/c1-11-4-9-15(22-11)12(2)17-18-16(19)10-21-14-7-5-13(20-3)6-8-14/h4-9H,10H2,1-3H3,(H,18,19)/b17-12-. The van der Waals surface area contributed by atoms with E-state index in [0.717, 1.165) is 11.5 Å². The van der Waals surface area contributed by atoms with Gasteiger partial charge in [-0.15, -0.1) is 0 Å². The topological polar surface area (TPSA) is 73.1 Å². The molecular formula is C16H18N2O4. The highest BCUT2D eigenvalue weighted by molar-refractivity contribution is 5.96. The average molecular weight is 302 g/mol.